The maximum atomic E-state index is 9.63. The van der Waals surface area contributed by atoms with Gasteiger partial charge in [0.2, 0.25) is 0 Å². The van der Waals surface area contributed by atoms with Crippen molar-refractivity contribution in [3.63, 3.8) is 0 Å². The molecule has 0 aliphatic heterocycles. The number of nitrogens with one attached hydrogen (secondary N) is 1. The minimum atomic E-state index is -0.298. The number of likely N-dealkylation sites (N-methyl/N-ethyl adjacent to an activating group) is 1. The maximum Gasteiger partial charge on any atom is 0.0791 e. The van der Waals surface area contributed by atoms with Crippen LogP contribution in [0.1, 0.15) is 20.8 Å². The predicted octanol–water partition coefficient (Wildman–Crippen LogP) is 0.302. The highest BCUT2D eigenvalue weighted by Crippen LogP contribution is 1.90. The molecule has 0 saturated carbocycles. The van der Waals surface area contributed by atoms with Crippen molar-refractivity contribution in [3.05, 3.63) is 0 Å². The first-order valence-electron chi connectivity index (χ1n) is 5.25. The van der Waals surface area contributed by atoms with Gasteiger partial charge in [0.25, 0.3) is 0 Å². The van der Waals surface area contributed by atoms with E-state index in [1.165, 1.54) is 0 Å². The summed E-state index contributed by atoms with van der Waals surface area (Å²) >= 11 is 0. The van der Waals surface area contributed by atoms with Gasteiger partial charge in [-0.3, -0.25) is 0 Å². The Kier molecular flexibility index (Phi) is 8.65. The van der Waals surface area contributed by atoms with E-state index in [1.807, 2.05) is 6.92 Å². The molecular formula is C11H22N2O. The van der Waals surface area contributed by atoms with Crippen molar-refractivity contribution in [2.45, 2.75) is 26.9 Å². The molecule has 0 fully saturated rings. The first-order chi connectivity index (χ1) is 6.74. The second-order valence-corrected chi connectivity index (χ2v) is 3.20. The first-order valence-corrected chi connectivity index (χ1v) is 5.25. The summed E-state index contributed by atoms with van der Waals surface area (Å²) in [6.45, 7) is 10.0. The van der Waals surface area contributed by atoms with Crippen LogP contribution in [0, 0.1) is 11.8 Å². The predicted molar refractivity (Wildman–Crippen MR) is 60.1 cm³/mol. The van der Waals surface area contributed by atoms with E-state index in [0.717, 1.165) is 19.6 Å². The van der Waals surface area contributed by atoms with Crippen molar-refractivity contribution in [2.75, 3.05) is 32.7 Å². The molecule has 14 heavy (non-hydrogen) atoms. The summed E-state index contributed by atoms with van der Waals surface area (Å²) in [5.74, 6) is 5.70. The molecule has 1 unspecified atom stereocenters. The summed E-state index contributed by atoms with van der Waals surface area (Å²) < 4.78 is 0. The van der Waals surface area contributed by atoms with Gasteiger partial charge in [0.1, 0.15) is 0 Å². The zero-order valence-corrected chi connectivity index (χ0v) is 9.51. The molecular weight excluding hydrogens is 176 g/mol. The Morgan fingerprint density at radius 1 is 1.36 bits per heavy atom. The van der Waals surface area contributed by atoms with Crippen LogP contribution in [0.4, 0.5) is 0 Å². The van der Waals surface area contributed by atoms with Crippen LogP contribution in [-0.2, 0) is 0 Å². The molecule has 0 spiro atoms. The molecule has 0 aliphatic rings. The van der Waals surface area contributed by atoms with Crippen LogP contribution in [-0.4, -0.2) is 48.8 Å². The molecule has 0 heterocycles. The third-order valence-electron chi connectivity index (χ3n) is 2.13. The van der Waals surface area contributed by atoms with Crippen LogP contribution >= 0.6 is 0 Å². The molecule has 0 bridgehead atoms. The van der Waals surface area contributed by atoms with E-state index >= 15 is 0 Å². The highest BCUT2D eigenvalue weighted by atomic mass is 16.3. The Balaban J connectivity index is 3.51. The van der Waals surface area contributed by atoms with Crippen LogP contribution in [0.5, 0.6) is 0 Å². The molecule has 0 saturated heterocycles. The van der Waals surface area contributed by atoms with Crippen molar-refractivity contribution >= 4 is 0 Å². The average Bonchev–Trinajstić information content (AvgIpc) is 2.21. The third-order valence-corrected chi connectivity index (χ3v) is 2.13. The van der Waals surface area contributed by atoms with Crippen molar-refractivity contribution < 1.29 is 5.11 Å². The Morgan fingerprint density at radius 2 is 2.00 bits per heavy atom. The molecule has 0 amide bonds. The SMILES string of the molecule is CC#CCNCC(O)CN(CC)CC. The van der Waals surface area contributed by atoms with Gasteiger partial charge in [-0.1, -0.05) is 19.8 Å². The van der Waals surface area contributed by atoms with Crippen LogP contribution in [0.15, 0.2) is 0 Å². The Hall–Kier alpha value is -0.560. The number of hydrogen-bond acceptors (Lipinski definition) is 3. The highest BCUT2D eigenvalue weighted by molar-refractivity contribution is 4.97. The summed E-state index contributed by atoms with van der Waals surface area (Å²) in [5, 5.41) is 12.7. The number of nitrogens with zero attached hydrogens (tertiary/aromatic N) is 1. The second kappa shape index (κ2) is 9.01. The highest BCUT2D eigenvalue weighted by Gasteiger charge is 2.07. The van der Waals surface area contributed by atoms with Crippen molar-refractivity contribution in [1.29, 1.82) is 0 Å². The van der Waals surface area contributed by atoms with Crippen molar-refractivity contribution in [1.82, 2.24) is 10.2 Å². The van der Waals surface area contributed by atoms with Crippen molar-refractivity contribution in [2.24, 2.45) is 0 Å². The molecule has 0 rings (SSSR count). The standard InChI is InChI=1S/C11H22N2O/c1-4-7-8-12-9-11(14)10-13(5-2)6-3/h11-12,14H,5-6,8-10H2,1-3H3. The fraction of sp³-hybridized carbons (Fsp3) is 0.818. The number of aliphatic hydroxyl groups excluding tert-OH is 1. The van der Waals surface area contributed by atoms with E-state index in [9.17, 15) is 5.11 Å². The van der Waals surface area contributed by atoms with Crippen LogP contribution < -0.4 is 5.32 Å². The average molecular weight is 198 g/mol. The van der Waals surface area contributed by atoms with Crippen LogP contribution in [0.25, 0.3) is 0 Å². The summed E-state index contributed by atoms with van der Waals surface area (Å²) in [6, 6.07) is 0. The summed E-state index contributed by atoms with van der Waals surface area (Å²) in [6.07, 6.45) is -0.298. The van der Waals surface area contributed by atoms with Gasteiger partial charge in [0, 0.05) is 13.1 Å². The maximum absolute atomic E-state index is 9.63. The zero-order chi connectivity index (χ0) is 10.8. The largest absolute Gasteiger partial charge is 0.390 e. The molecule has 82 valence electrons. The summed E-state index contributed by atoms with van der Waals surface area (Å²) in [5.41, 5.74) is 0. The fourth-order valence-corrected chi connectivity index (χ4v) is 1.23. The summed E-state index contributed by atoms with van der Waals surface area (Å²) in [4.78, 5) is 2.21. The number of hydrogen-bond donors (Lipinski definition) is 2. The molecule has 0 aromatic heterocycles. The third kappa shape index (κ3) is 6.90. The van der Waals surface area contributed by atoms with Crippen LogP contribution in [0.3, 0.4) is 0 Å². The molecule has 0 radical (unpaired) electrons. The molecule has 3 heteroatoms. The molecule has 2 N–H and O–H groups in total. The Morgan fingerprint density at radius 3 is 2.50 bits per heavy atom. The minimum Gasteiger partial charge on any atom is -0.390 e. The van der Waals surface area contributed by atoms with Crippen LogP contribution in [0.2, 0.25) is 0 Å². The Labute approximate surface area is 87.5 Å². The topological polar surface area (TPSA) is 35.5 Å². The molecule has 0 aliphatic carbocycles. The van der Waals surface area contributed by atoms with Gasteiger partial charge in [-0.25, -0.2) is 0 Å². The molecule has 3 nitrogen and oxygen atoms in total. The van der Waals surface area contributed by atoms with Gasteiger partial charge in [0.05, 0.1) is 12.6 Å². The first kappa shape index (κ1) is 13.4. The number of rotatable bonds is 7. The summed E-state index contributed by atoms with van der Waals surface area (Å²) in [7, 11) is 0. The van der Waals surface area contributed by atoms with E-state index in [2.05, 4.69) is 35.9 Å². The van der Waals surface area contributed by atoms with E-state index in [0.29, 0.717) is 13.1 Å². The van der Waals surface area contributed by atoms with E-state index in [1.54, 1.807) is 0 Å². The van der Waals surface area contributed by atoms with Gasteiger partial charge >= 0.3 is 0 Å². The fourth-order valence-electron chi connectivity index (χ4n) is 1.23. The lowest BCUT2D eigenvalue weighted by molar-refractivity contribution is 0.118. The number of aliphatic hydroxyl groups is 1. The minimum absolute atomic E-state index is 0.298. The molecule has 0 aromatic rings. The lowest BCUT2D eigenvalue weighted by Crippen LogP contribution is -2.38. The van der Waals surface area contributed by atoms with Gasteiger partial charge in [0.15, 0.2) is 0 Å². The van der Waals surface area contributed by atoms with E-state index in [-0.39, 0.29) is 6.10 Å². The van der Waals surface area contributed by atoms with Gasteiger partial charge in [-0.2, -0.15) is 0 Å². The van der Waals surface area contributed by atoms with E-state index < -0.39 is 0 Å². The normalized spacial score (nSPS) is 12.4. The monoisotopic (exact) mass is 198 g/mol. The lowest BCUT2D eigenvalue weighted by atomic mass is 10.3. The quantitative estimate of drug-likeness (QED) is 0.456. The van der Waals surface area contributed by atoms with Gasteiger partial charge in [-0.05, 0) is 20.0 Å². The molecule has 1 atom stereocenters. The lowest BCUT2D eigenvalue weighted by Gasteiger charge is -2.21. The zero-order valence-electron chi connectivity index (χ0n) is 9.51. The van der Waals surface area contributed by atoms with Crippen molar-refractivity contribution in [3.8, 4) is 11.8 Å². The molecule has 0 aromatic carbocycles. The smallest absolute Gasteiger partial charge is 0.0791 e. The van der Waals surface area contributed by atoms with Gasteiger partial charge in [-0.15, -0.1) is 5.92 Å². The Bertz CT molecular complexity index is 179. The van der Waals surface area contributed by atoms with Gasteiger partial charge < -0.3 is 15.3 Å². The second-order valence-electron chi connectivity index (χ2n) is 3.20. The van der Waals surface area contributed by atoms with E-state index in [4.69, 9.17) is 0 Å².